The quantitative estimate of drug-likeness (QED) is 0.848. The van der Waals surface area contributed by atoms with Crippen LogP contribution >= 0.6 is 0 Å². The molecule has 1 saturated heterocycles. The lowest BCUT2D eigenvalue weighted by Crippen LogP contribution is -2.32. The molecule has 1 N–H and O–H groups in total. The van der Waals surface area contributed by atoms with Crippen LogP contribution in [0.2, 0.25) is 0 Å². The first kappa shape index (κ1) is 11.4. The molecule has 0 unspecified atom stereocenters. The Hall–Kier alpha value is -1.10. The molecule has 0 spiro atoms. The summed E-state index contributed by atoms with van der Waals surface area (Å²) in [7, 11) is -2.77. The Morgan fingerprint density at radius 3 is 2.69 bits per heavy atom. The summed E-state index contributed by atoms with van der Waals surface area (Å²) in [5.74, 6) is 0.601. The second kappa shape index (κ2) is 4.41. The van der Waals surface area contributed by atoms with Crippen LogP contribution in [0.15, 0.2) is 18.3 Å². The van der Waals surface area contributed by atoms with Crippen molar-refractivity contribution in [3.05, 3.63) is 24.0 Å². The molecular formula is C11H16N2O2S. The Labute approximate surface area is 96.0 Å². The van der Waals surface area contributed by atoms with Crippen LogP contribution in [0.5, 0.6) is 0 Å². The van der Waals surface area contributed by atoms with Crippen molar-refractivity contribution in [1.29, 1.82) is 0 Å². The SMILES string of the molecule is Cc1cc(NC2CCS(=O)(=O)CC2)ccn1. The highest BCUT2D eigenvalue weighted by atomic mass is 32.2. The summed E-state index contributed by atoms with van der Waals surface area (Å²) < 4.78 is 22.5. The third-order valence-corrected chi connectivity index (χ3v) is 4.54. The number of hydrogen-bond donors (Lipinski definition) is 1. The van der Waals surface area contributed by atoms with Crippen molar-refractivity contribution in [2.24, 2.45) is 0 Å². The number of sulfone groups is 1. The molecule has 1 aliphatic heterocycles. The van der Waals surface area contributed by atoms with Gasteiger partial charge in [-0.15, -0.1) is 0 Å². The molecule has 1 fully saturated rings. The van der Waals surface area contributed by atoms with Gasteiger partial charge in [-0.25, -0.2) is 8.42 Å². The molecule has 1 aliphatic rings. The van der Waals surface area contributed by atoms with Crippen LogP contribution in [0.25, 0.3) is 0 Å². The average molecular weight is 240 g/mol. The first-order valence-electron chi connectivity index (χ1n) is 5.45. The van der Waals surface area contributed by atoms with E-state index >= 15 is 0 Å². The van der Waals surface area contributed by atoms with E-state index in [0.717, 1.165) is 11.4 Å². The Morgan fingerprint density at radius 1 is 1.38 bits per heavy atom. The van der Waals surface area contributed by atoms with Crippen LogP contribution in [0.4, 0.5) is 5.69 Å². The van der Waals surface area contributed by atoms with E-state index in [2.05, 4.69) is 10.3 Å². The van der Waals surface area contributed by atoms with E-state index in [0.29, 0.717) is 24.3 Å². The van der Waals surface area contributed by atoms with Crippen molar-refractivity contribution in [2.45, 2.75) is 25.8 Å². The van der Waals surface area contributed by atoms with E-state index in [-0.39, 0.29) is 6.04 Å². The van der Waals surface area contributed by atoms with Gasteiger partial charge in [0.15, 0.2) is 0 Å². The molecule has 0 radical (unpaired) electrons. The first-order valence-corrected chi connectivity index (χ1v) is 7.27. The van der Waals surface area contributed by atoms with E-state index < -0.39 is 9.84 Å². The van der Waals surface area contributed by atoms with Gasteiger partial charge in [-0.2, -0.15) is 0 Å². The minimum atomic E-state index is -2.77. The van der Waals surface area contributed by atoms with Gasteiger partial charge in [0.1, 0.15) is 9.84 Å². The maximum atomic E-state index is 11.3. The zero-order valence-electron chi connectivity index (χ0n) is 9.31. The number of nitrogens with zero attached hydrogens (tertiary/aromatic N) is 1. The van der Waals surface area contributed by atoms with Crippen LogP contribution < -0.4 is 5.32 Å². The Bertz CT molecular complexity index is 457. The van der Waals surface area contributed by atoms with Crippen molar-refractivity contribution in [3.8, 4) is 0 Å². The summed E-state index contributed by atoms with van der Waals surface area (Å²) in [6, 6.07) is 4.16. The highest BCUT2D eigenvalue weighted by molar-refractivity contribution is 7.91. The van der Waals surface area contributed by atoms with E-state index in [4.69, 9.17) is 0 Å². The highest BCUT2D eigenvalue weighted by Gasteiger charge is 2.23. The monoisotopic (exact) mass is 240 g/mol. The van der Waals surface area contributed by atoms with Gasteiger partial charge in [0.2, 0.25) is 0 Å². The van der Waals surface area contributed by atoms with Crippen molar-refractivity contribution in [1.82, 2.24) is 4.98 Å². The van der Waals surface area contributed by atoms with Gasteiger partial charge in [-0.05, 0) is 31.9 Å². The van der Waals surface area contributed by atoms with Gasteiger partial charge in [0, 0.05) is 23.6 Å². The van der Waals surface area contributed by atoms with E-state index in [1.54, 1.807) is 6.20 Å². The van der Waals surface area contributed by atoms with Crippen molar-refractivity contribution in [2.75, 3.05) is 16.8 Å². The molecule has 16 heavy (non-hydrogen) atoms. The van der Waals surface area contributed by atoms with Gasteiger partial charge in [-0.1, -0.05) is 0 Å². The summed E-state index contributed by atoms with van der Waals surface area (Å²) in [6.07, 6.45) is 3.16. The summed E-state index contributed by atoms with van der Waals surface area (Å²) in [5, 5.41) is 3.36. The molecule has 0 atom stereocenters. The summed E-state index contributed by atoms with van der Waals surface area (Å²) in [6.45, 7) is 1.94. The minimum Gasteiger partial charge on any atom is -0.382 e. The topological polar surface area (TPSA) is 59.1 Å². The van der Waals surface area contributed by atoms with E-state index in [9.17, 15) is 8.42 Å². The molecule has 4 nitrogen and oxygen atoms in total. The Morgan fingerprint density at radius 2 is 2.06 bits per heavy atom. The molecule has 0 aromatic carbocycles. The average Bonchev–Trinajstić information content (AvgIpc) is 2.21. The second-order valence-electron chi connectivity index (χ2n) is 4.26. The molecule has 5 heteroatoms. The largest absolute Gasteiger partial charge is 0.382 e. The summed E-state index contributed by atoms with van der Waals surface area (Å²) in [5.41, 5.74) is 1.99. The lowest BCUT2D eigenvalue weighted by Gasteiger charge is -2.24. The fraction of sp³-hybridized carbons (Fsp3) is 0.545. The van der Waals surface area contributed by atoms with Crippen LogP contribution in [0.1, 0.15) is 18.5 Å². The number of aryl methyl sites for hydroxylation is 1. The minimum absolute atomic E-state index is 0.269. The maximum Gasteiger partial charge on any atom is 0.150 e. The lowest BCUT2D eigenvalue weighted by atomic mass is 10.1. The number of anilines is 1. The third-order valence-electron chi connectivity index (χ3n) is 2.82. The lowest BCUT2D eigenvalue weighted by molar-refractivity contribution is 0.559. The second-order valence-corrected chi connectivity index (χ2v) is 6.56. The van der Waals surface area contributed by atoms with Crippen LogP contribution in [0, 0.1) is 6.92 Å². The molecule has 1 aromatic rings. The fourth-order valence-electron chi connectivity index (χ4n) is 1.91. The predicted octanol–water partition coefficient (Wildman–Crippen LogP) is 1.38. The smallest absolute Gasteiger partial charge is 0.150 e. The highest BCUT2D eigenvalue weighted by Crippen LogP contribution is 2.17. The van der Waals surface area contributed by atoms with Gasteiger partial charge < -0.3 is 5.32 Å². The number of nitrogens with one attached hydrogen (secondary N) is 1. The summed E-state index contributed by atoms with van der Waals surface area (Å²) >= 11 is 0. The van der Waals surface area contributed by atoms with Gasteiger partial charge in [0.05, 0.1) is 11.5 Å². The molecule has 0 bridgehead atoms. The number of aromatic nitrogens is 1. The predicted molar refractivity (Wildman–Crippen MR) is 64.3 cm³/mol. The standard InChI is InChI=1S/C11H16N2O2S/c1-9-8-11(2-5-12-9)13-10-3-6-16(14,15)7-4-10/h2,5,8,10H,3-4,6-7H2,1H3,(H,12,13). The first-order chi connectivity index (χ1) is 7.55. The molecule has 0 saturated carbocycles. The van der Waals surface area contributed by atoms with Gasteiger partial charge >= 0.3 is 0 Å². The fourth-order valence-corrected chi connectivity index (χ4v) is 3.40. The van der Waals surface area contributed by atoms with Crippen molar-refractivity contribution in [3.63, 3.8) is 0 Å². The van der Waals surface area contributed by atoms with Gasteiger partial charge in [-0.3, -0.25) is 4.98 Å². The molecule has 0 amide bonds. The van der Waals surface area contributed by atoms with Crippen LogP contribution in [0.3, 0.4) is 0 Å². The van der Waals surface area contributed by atoms with Crippen LogP contribution in [-0.4, -0.2) is 30.9 Å². The van der Waals surface area contributed by atoms with E-state index in [1.807, 2.05) is 19.1 Å². The van der Waals surface area contributed by atoms with Gasteiger partial charge in [0.25, 0.3) is 0 Å². The zero-order chi connectivity index (χ0) is 11.6. The zero-order valence-corrected chi connectivity index (χ0v) is 10.1. The van der Waals surface area contributed by atoms with Crippen molar-refractivity contribution >= 4 is 15.5 Å². The molecule has 0 aliphatic carbocycles. The maximum absolute atomic E-state index is 11.3. The molecule has 88 valence electrons. The molecular weight excluding hydrogens is 224 g/mol. The molecule has 2 rings (SSSR count). The third kappa shape index (κ3) is 2.95. The number of hydrogen-bond acceptors (Lipinski definition) is 4. The number of rotatable bonds is 2. The Kier molecular flexibility index (Phi) is 3.14. The Balaban J connectivity index is 1.97. The molecule has 2 heterocycles. The number of pyridine rings is 1. The van der Waals surface area contributed by atoms with Crippen LogP contribution in [-0.2, 0) is 9.84 Å². The van der Waals surface area contributed by atoms with E-state index in [1.165, 1.54) is 0 Å². The van der Waals surface area contributed by atoms with Crippen molar-refractivity contribution < 1.29 is 8.42 Å². The molecule has 1 aromatic heterocycles. The summed E-state index contributed by atoms with van der Waals surface area (Å²) in [4.78, 5) is 4.12. The normalized spacial score (nSPS) is 20.6.